The predicted octanol–water partition coefficient (Wildman–Crippen LogP) is 1.31. The molecule has 0 rings (SSSR count). The van der Waals surface area contributed by atoms with Crippen LogP contribution in [0.2, 0.25) is 0 Å². The number of hydrogen-bond acceptors (Lipinski definition) is 2. The predicted molar refractivity (Wildman–Crippen MR) is 40.3 cm³/mol. The first-order chi connectivity index (χ1) is 3.50. The van der Waals surface area contributed by atoms with Crippen molar-refractivity contribution in [3.63, 3.8) is 0 Å². The van der Waals surface area contributed by atoms with Crippen LogP contribution in [0.3, 0.4) is 0 Å². The molecular weight excluding hydrogens is 136 g/mol. The van der Waals surface area contributed by atoms with Crippen molar-refractivity contribution < 1.29 is 0 Å². The number of nitriles is 1. The fourth-order valence-corrected chi connectivity index (χ4v) is 0.129. The molecule has 0 radical (unpaired) electrons. The van der Waals surface area contributed by atoms with Gasteiger partial charge in [0.15, 0.2) is 0 Å². The minimum atomic E-state index is -0.653. The lowest BCUT2D eigenvalue weighted by Crippen LogP contribution is -2.39. The van der Waals surface area contributed by atoms with Gasteiger partial charge in [-0.05, 0) is 12.8 Å². The molecule has 0 unspecified atom stereocenters. The zero-order valence-corrected chi connectivity index (χ0v) is 6.83. The Bertz CT molecular complexity index is 113. The quantitative estimate of drug-likeness (QED) is 0.610. The van der Waals surface area contributed by atoms with Gasteiger partial charge in [0.25, 0.3) is 0 Å². The normalized spacial score (nSPS) is 15.6. The van der Waals surface area contributed by atoms with Gasteiger partial charge in [0.2, 0.25) is 0 Å². The van der Waals surface area contributed by atoms with Crippen LogP contribution in [0.15, 0.2) is 0 Å². The zero-order valence-electron chi connectivity index (χ0n) is 6.01. The first-order valence-electron chi connectivity index (χ1n) is 2.71. The number of rotatable bonds is 1. The topological polar surface area (TPSA) is 49.8 Å². The van der Waals surface area contributed by atoms with Gasteiger partial charge in [-0.1, -0.05) is 13.8 Å². The molecule has 0 spiro atoms. The Morgan fingerprint density at radius 1 is 1.56 bits per heavy atom. The van der Waals surface area contributed by atoms with Crippen molar-refractivity contribution in [3.8, 4) is 6.07 Å². The Morgan fingerprint density at radius 3 is 1.89 bits per heavy atom. The Labute approximate surface area is 62.4 Å². The molecule has 0 heterocycles. The summed E-state index contributed by atoms with van der Waals surface area (Å²) in [6.07, 6.45) is 0. The molecule has 0 aliphatic heterocycles. The van der Waals surface area contributed by atoms with Gasteiger partial charge >= 0.3 is 0 Å². The molecule has 0 aliphatic carbocycles. The van der Waals surface area contributed by atoms with Gasteiger partial charge in [0.05, 0.1) is 6.07 Å². The molecule has 1 atom stereocenters. The van der Waals surface area contributed by atoms with E-state index in [-0.39, 0.29) is 18.3 Å². The van der Waals surface area contributed by atoms with Gasteiger partial charge in [-0.25, -0.2) is 0 Å². The lowest BCUT2D eigenvalue weighted by Gasteiger charge is -2.18. The van der Waals surface area contributed by atoms with Gasteiger partial charge in [0.1, 0.15) is 5.54 Å². The third-order valence-corrected chi connectivity index (χ3v) is 1.44. The second-order valence-corrected chi connectivity index (χ2v) is 2.55. The summed E-state index contributed by atoms with van der Waals surface area (Å²) in [6, 6.07) is 2.02. The zero-order chi connectivity index (χ0) is 6.78. The molecule has 3 heteroatoms. The summed E-state index contributed by atoms with van der Waals surface area (Å²) in [7, 11) is 0. The van der Waals surface area contributed by atoms with E-state index in [0.29, 0.717) is 0 Å². The number of nitrogens with two attached hydrogens (primary N) is 1. The fraction of sp³-hybridized carbons (Fsp3) is 0.833. The average molecular weight is 149 g/mol. The largest absolute Gasteiger partial charge is 0.313 e. The average Bonchev–Trinajstić information content (AvgIpc) is 1.67. The standard InChI is InChI=1S/C6H12N2.ClH/c1-5(2)6(3,8)4-7;/h5H,8H2,1-3H3;1H/t6-;/m1./s1. The van der Waals surface area contributed by atoms with Crippen LogP contribution in [-0.2, 0) is 0 Å². The maximum absolute atomic E-state index is 8.39. The molecule has 0 aromatic rings. The SMILES string of the molecule is CC(C)[C@](C)(N)C#N.Cl. The highest BCUT2D eigenvalue weighted by atomic mass is 35.5. The van der Waals surface area contributed by atoms with Crippen molar-refractivity contribution in [1.29, 1.82) is 5.26 Å². The Hall–Kier alpha value is -0.260. The van der Waals surface area contributed by atoms with E-state index in [9.17, 15) is 0 Å². The molecule has 0 fully saturated rings. The van der Waals surface area contributed by atoms with Crippen LogP contribution in [0.4, 0.5) is 0 Å². The van der Waals surface area contributed by atoms with Gasteiger partial charge < -0.3 is 5.73 Å². The minimum Gasteiger partial charge on any atom is -0.313 e. The molecule has 0 saturated heterocycles. The van der Waals surface area contributed by atoms with Gasteiger partial charge in [0, 0.05) is 0 Å². The van der Waals surface area contributed by atoms with Gasteiger partial charge in [-0.2, -0.15) is 5.26 Å². The summed E-state index contributed by atoms with van der Waals surface area (Å²) in [6.45, 7) is 5.60. The van der Waals surface area contributed by atoms with Crippen molar-refractivity contribution in [2.75, 3.05) is 0 Å². The molecular formula is C6H13ClN2. The molecule has 54 valence electrons. The van der Waals surface area contributed by atoms with E-state index in [2.05, 4.69) is 0 Å². The van der Waals surface area contributed by atoms with Crippen LogP contribution in [0.1, 0.15) is 20.8 Å². The Balaban J connectivity index is 0. The molecule has 0 aliphatic rings. The number of halogens is 1. The third-order valence-electron chi connectivity index (χ3n) is 1.44. The summed E-state index contributed by atoms with van der Waals surface area (Å²) < 4.78 is 0. The molecule has 2 nitrogen and oxygen atoms in total. The van der Waals surface area contributed by atoms with E-state index in [1.54, 1.807) is 6.92 Å². The van der Waals surface area contributed by atoms with Crippen LogP contribution in [-0.4, -0.2) is 5.54 Å². The van der Waals surface area contributed by atoms with Crippen LogP contribution >= 0.6 is 12.4 Å². The van der Waals surface area contributed by atoms with Crippen LogP contribution in [0.5, 0.6) is 0 Å². The van der Waals surface area contributed by atoms with Crippen LogP contribution < -0.4 is 5.73 Å². The smallest absolute Gasteiger partial charge is 0.103 e. The molecule has 2 N–H and O–H groups in total. The van der Waals surface area contributed by atoms with Crippen molar-refractivity contribution in [2.45, 2.75) is 26.3 Å². The fourth-order valence-electron chi connectivity index (χ4n) is 0.129. The maximum Gasteiger partial charge on any atom is 0.103 e. The summed E-state index contributed by atoms with van der Waals surface area (Å²) in [5.74, 6) is 0.229. The highest BCUT2D eigenvalue weighted by molar-refractivity contribution is 5.85. The maximum atomic E-state index is 8.39. The summed E-state index contributed by atoms with van der Waals surface area (Å²) in [5.41, 5.74) is 4.84. The number of hydrogen-bond donors (Lipinski definition) is 1. The molecule has 9 heavy (non-hydrogen) atoms. The van der Waals surface area contributed by atoms with E-state index in [1.807, 2.05) is 19.9 Å². The molecule has 0 saturated carbocycles. The first-order valence-corrected chi connectivity index (χ1v) is 2.71. The van der Waals surface area contributed by atoms with E-state index in [4.69, 9.17) is 11.0 Å². The summed E-state index contributed by atoms with van der Waals surface area (Å²) in [5, 5.41) is 8.39. The second-order valence-electron chi connectivity index (χ2n) is 2.55. The van der Waals surface area contributed by atoms with E-state index in [1.165, 1.54) is 0 Å². The van der Waals surface area contributed by atoms with Crippen molar-refractivity contribution in [1.82, 2.24) is 0 Å². The van der Waals surface area contributed by atoms with Crippen LogP contribution in [0, 0.1) is 17.2 Å². The second kappa shape index (κ2) is 3.71. The minimum absolute atomic E-state index is 0. The summed E-state index contributed by atoms with van der Waals surface area (Å²) in [4.78, 5) is 0. The lowest BCUT2D eigenvalue weighted by atomic mass is 9.92. The van der Waals surface area contributed by atoms with Crippen molar-refractivity contribution in [3.05, 3.63) is 0 Å². The summed E-state index contributed by atoms with van der Waals surface area (Å²) >= 11 is 0. The van der Waals surface area contributed by atoms with Gasteiger partial charge in [-0.3, -0.25) is 0 Å². The van der Waals surface area contributed by atoms with E-state index < -0.39 is 5.54 Å². The third kappa shape index (κ3) is 3.34. The lowest BCUT2D eigenvalue weighted by molar-refractivity contribution is 0.430. The highest BCUT2D eigenvalue weighted by Crippen LogP contribution is 2.09. The Kier molecular flexibility index (Phi) is 4.75. The van der Waals surface area contributed by atoms with E-state index in [0.717, 1.165) is 0 Å². The monoisotopic (exact) mass is 148 g/mol. The van der Waals surface area contributed by atoms with Crippen molar-refractivity contribution in [2.24, 2.45) is 11.7 Å². The molecule has 0 aromatic heterocycles. The number of nitrogens with zero attached hydrogens (tertiary/aromatic N) is 1. The first kappa shape index (κ1) is 11.5. The molecule has 0 aromatic carbocycles. The molecule has 0 amide bonds. The highest BCUT2D eigenvalue weighted by Gasteiger charge is 2.21. The Morgan fingerprint density at radius 2 is 1.89 bits per heavy atom. The van der Waals surface area contributed by atoms with E-state index >= 15 is 0 Å². The van der Waals surface area contributed by atoms with Gasteiger partial charge in [-0.15, -0.1) is 12.4 Å². The van der Waals surface area contributed by atoms with Crippen molar-refractivity contribution >= 4 is 12.4 Å². The van der Waals surface area contributed by atoms with Crippen LogP contribution in [0.25, 0.3) is 0 Å². The molecule has 0 bridgehead atoms.